The first kappa shape index (κ1) is 12.6. The molecule has 0 bridgehead atoms. The zero-order chi connectivity index (χ0) is 12.1. The van der Waals surface area contributed by atoms with Crippen molar-refractivity contribution < 1.29 is 9.13 Å². The van der Waals surface area contributed by atoms with Crippen molar-refractivity contribution in [2.45, 2.75) is 6.92 Å². The fraction of sp³-hybridized carbons (Fsp3) is 0.400. The molecule has 6 heteroatoms. The number of benzene rings is 1. The Kier molecular flexibility index (Phi) is 4.42. The minimum Gasteiger partial charge on any atom is -0.384 e. The van der Waals surface area contributed by atoms with E-state index in [4.69, 9.17) is 0 Å². The van der Waals surface area contributed by atoms with Gasteiger partial charge in [0.1, 0.15) is 0 Å². The van der Waals surface area contributed by atoms with E-state index in [1.807, 2.05) is 0 Å². The molecular formula is C10H14N2O3S. The van der Waals surface area contributed by atoms with Crippen molar-refractivity contribution in [2.24, 2.45) is 0 Å². The fourth-order valence-corrected chi connectivity index (χ4v) is 1.73. The summed E-state index contributed by atoms with van der Waals surface area (Å²) >= 11 is 0. The van der Waals surface area contributed by atoms with E-state index in [2.05, 4.69) is 5.32 Å². The standard InChI is InChI=1S/C10H14N2O3S/c1-8-9(11-6-7-16(2)15)4-3-5-10(8)12(13)14/h3-5,11H,6-7H2,1-2H3. The maximum Gasteiger partial charge on any atom is 0.274 e. The van der Waals surface area contributed by atoms with Gasteiger partial charge in [-0.2, -0.15) is 0 Å². The minimum absolute atomic E-state index is 0.0996. The largest absolute Gasteiger partial charge is 0.384 e. The second kappa shape index (κ2) is 5.60. The Morgan fingerprint density at radius 1 is 1.50 bits per heavy atom. The quantitative estimate of drug-likeness (QED) is 0.630. The number of anilines is 1. The highest BCUT2D eigenvalue weighted by Gasteiger charge is 2.12. The lowest BCUT2D eigenvalue weighted by atomic mass is 10.1. The van der Waals surface area contributed by atoms with Crippen molar-refractivity contribution in [2.75, 3.05) is 23.9 Å². The van der Waals surface area contributed by atoms with Gasteiger partial charge in [-0.25, -0.2) is 0 Å². The summed E-state index contributed by atoms with van der Waals surface area (Å²) in [5.41, 5.74) is 1.43. The molecular weight excluding hydrogens is 228 g/mol. The van der Waals surface area contributed by atoms with Gasteiger partial charge in [0.25, 0.3) is 5.69 Å². The second-order valence-electron chi connectivity index (χ2n) is 3.41. The Morgan fingerprint density at radius 3 is 2.75 bits per heavy atom. The van der Waals surface area contributed by atoms with E-state index in [1.54, 1.807) is 25.3 Å². The van der Waals surface area contributed by atoms with Gasteiger partial charge < -0.3 is 5.32 Å². The molecule has 88 valence electrons. The van der Waals surface area contributed by atoms with Gasteiger partial charge in [-0.3, -0.25) is 14.3 Å². The number of rotatable bonds is 5. The van der Waals surface area contributed by atoms with Crippen molar-refractivity contribution in [3.63, 3.8) is 0 Å². The molecule has 1 atom stereocenters. The van der Waals surface area contributed by atoms with Crippen LogP contribution in [-0.4, -0.2) is 27.7 Å². The van der Waals surface area contributed by atoms with Gasteiger partial charge in [-0.1, -0.05) is 6.07 Å². The molecule has 0 saturated heterocycles. The van der Waals surface area contributed by atoms with Crippen LogP contribution in [0.3, 0.4) is 0 Å². The topological polar surface area (TPSA) is 72.2 Å². The summed E-state index contributed by atoms with van der Waals surface area (Å²) in [5.74, 6) is 0.530. The predicted molar refractivity (Wildman–Crippen MR) is 65.3 cm³/mol. The molecule has 1 N–H and O–H groups in total. The summed E-state index contributed by atoms with van der Waals surface area (Å²) in [6.07, 6.45) is 1.63. The maximum absolute atomic E-state index is 10.9. The van der Waals surface area contributed by atoms with Crippen LogP contribution in [0.4, 0.5) is 11.4 Å². The Bertz CT molecular complexity index is 421. The van der Waals surface area contributed by atoms with Crippen molar-refractivity contribution >= 4 is 22.2 Å². The average Bonchev–Trinajstić information content (AvgIpc) is 2.19. The van der Waals surface area contributed by atoms with E-state index in [1.165, 1.54) is 6.07 Å². The first-order chi connectivity index (χ1) is 7.52. The van der Waals surface area contributed by atoms with Crippen LogP contribution < -0.4 is 5.32 Å². The smallest absolute Gasteiger partial charge is 0.274 e. The molecule has 0 aliphatic carbocycles. The lowest BCUT2D eigenvalue weighted by Gasteiger charge is -2.08. The van der Waals surface area contributed by atoms with Gasteiger partial charge in [-0.15, -0.1) is 0 Å². The molecule has 0 spiro atoms. The Hall–Kier alpha value is -1.43. The van der Waals surface area contributed by atoms with E-state index in [-0.39, 0.29) is 5.69 Å². The van der Waals surface area contributed by atoms with Crippen LogP contribution >= 0.6 is 0 Å². The van der Waals surface area contributed by atoms with Crippen LogP contribution in [0.2, 0.25) is 0 Å². The van der Waals surface area contributed by atoms with Gasteiger partial charge in [0.2, 0.25) is 0 Å². The van der Waals surface area contributed by atoms with Gasteiger partial charge in [0.05, 0.1) is 4.92 Å². The molecule has 1 rings (SSSR count). The number of nitro benzene ring substituents is 1. The molecule has 0 aliphatic rings. The van der Waals surface area contributed by atoms with Gasteiger partial charge >= 0.3 is 0 Å². The van der Waals surface area contributed by atoms with E-state index in [0.29, 0.717) is 17.9 Å². The molecule has 1 aromatic carbocycles. The molecule has 1 unspecified atom stereocenters. The highest BCUT2D eigenvalue weighted by atomic mass is 32.2. The molecule has 5 nitrogen and oxygen atoms in total. The zero-order valence-electron chi connectivity index (χ0n) is 9.23. The number of nitro groups is 1. The predicted octanol–water partition coefficient (Wildman–Crippen LogP) is 1.69. The van der Waals surface area contributed by atoms with Crippen LogP contribution in [0.25, 0.3) is 0 Å². The van der Waals surface area contributed by atoms with Crippen LogP contribution in [0.1, 0.15) is 5.56 Å². The molecule has 0 fully saturated rings. The first-order valence-corrected chi connectivity index (χ1v) is 6.53. The number of nitrogens with one attached hydrogen (secondary N) is 1. The van der Waals surface area contributed by atoms with Crippen LogP contribution in [-0.2, 0) is 10.8 Å². The highest BCUT2D eigenvalue weighted by Crippen LogP contribution is 2.24. The summed E-state index contributed by atoms with van der Waals surface area (Å²) in [6, 6.07) is 4.88. The number of hydrogen-bond donors (Lipinski definition) is 1. The van der Waals surface area contributed by atoms with Crippen molar-refractivity contribution in [3.05, 3.63) is 33.9 Å². The first-order valence-electron chi connectivity index (χ1n) is 4.80. The number of hydrogen-bond acceptors (Lipinski definition) is 4. The van der Waals surface area contributed by atoms with Crippen molar-refractivity contribution in [1.29, 1.82) is 0 Å². The van der Waals surface area contributed by atoms with Gasteiger partial charge in [0, 0.05) is 46.7 Å². The van der Waals surface area contributed by atoms with Crippen LogP contribution in [0.15, 0.2) is 18.2 Å². The summed E-state index contributed by atoms with van der Waals surface area (Å²) in [4.78, 5) is 10.3. The molecule has 0 amide bonds. The molecule has 0 saturated carbocycles. The van der Waals surface area contributed by atoms with E-state index in [0.717, 1.165) is 5.69 Å². The van der Waals surface area contributed by atoms with Crippen LogP contribution in [0.5, 0.6) is 0 Å². The SMILES string of the molecule is Cc1c(NCCS(C)=O)cccc1[N+](=O)[O-]. The maximum atomic E-state index is 10.9. The Labute approximate surface area is 96.5 Å². The van der Waals surface area contributed by atoms with Crippen LogP contribution in [0, 0.1) is 17.0 Å². The van der Waals surface area contributed by atoms with E-state index in [9.17, 15) is 14.3 Å². The third-order valence-corrected chi connectivity index (χ3v) is 2.99. The van der Waals surface area contributed by atoms with E-state index >= 15 is 0 Å². The van der Waals surface area contributed by atoms with Crippen molar-refractivity contribution in [3.8, 4) is 0 Å². The lowest BCUT2D eigenvalue weighted by Crippen LogP contribution is -2.11. The van der Waals surface area contributed by atoms with Crippen molar-refractivity contribution in [1.82, 2.24) is 0 Å². The summed E-state index contributed by atoms with van der Waals surface area (Å²) in [5, 5.41) is 13.7. The zero-order valence-corrected chi connectivity index (χ0v) is 10.0. The molecule has 1 aromatic rings. The number of nitrogens with zero attached hydrogens (tertiary/aromatic N) is 1. The fourth-order valence-electron chi connectivity index (χ4n) is 1.34. The minimum atomic E-state index is -0.856. The summed E-state index contributed by atoms with van der Waals surface area (Å²) < 4.78 is 10.9. The molecule has 0 aliphatic heterocycles. The second-order valence-corrected chi connectivity index (χ2v) is 4.97. The molecule has 16 heavy (non-hydrogen) atoms. The molecule has 0 heterocycles. The lowest BCUT2D eigenvalue weighted by molar-refractivity contribution is -0.385. The Balaban J connectivity index is 2.77. The average molecular weight is 242 g/mol. The molecule has 0 aromatic heterocycles. The third kappa shape index (κ3) is 3.30. The third-order valence-electron chi connectivity index (χ3n) is 2.21. The highest BCUT2D eigenvalue weighted by molar-refractivity contribution is 7.84. The van der Waals surface area contributed by atoms with E-state index < -0.39 is 15.7 Å². The molecule has 0 radical (unpaired) electrons. The summed E-state index contributed by atoms with van der Waals surface area (Å²) in [6.45, 7) is 2.24. The Morgan fingerprint density at radius 2 is 2.19 bits per heavy atom. The summed E-state index contributed by atoms with van der Waals surface area (Å²) in [7, 11) is -0.856. The van der Waals surface area contributed by atoms with Gasteiger partial charge in [0.15, 0.2) is 0 Å². The normalized spacial score (nSPS) is 12.1. The van der Waals surface area contributed by atoms with Gasteiger partial charge in [-0.05, 0) is 13.0 Å². The monoisotopic (exact) mass is 242 g/mol.